The minimum Gasteiger partial charge on any atom is -0.494 e. The molecule has 0 aliphatic carbocycles. The first-order valence-electron chi connectivity index (χ1n) is 5.39. The molecule has 2 nitrogen and oxygen atoms in total. The summed E-state index contributed by atoms with van der Waals surface area (Å²) in [6.07, 6.45) is 0. The largest absolute Gasteiger partial charge is 0.494 e. The van der Waals surface area contributed by atoms with Gasteiger partial charge in [-0.05, 0) is 36.8 Å². The van der Waals surface area contributed by atoms with Gasteiger partial charge < -0.3 is 4.74 Å². The van der Waals surface area contributed by atoms with Crippen molar-refractivity contribution in [2.45, 2.75) is 13.8 Å². The van der Waals surface area contributed by atoms with Gasteiger partial charge >= 0.3 is 0 Å². The summed E-state index contributed by atoms with van der Waals surface area (Å²) in [7, 11) is 0. The van der Waals surface area contributed by atoms with E-state index in [1.165, 1.54) is 0 Å². The Morgan fingerprint density at radius 1 is 1.25 bits per heavy atom. The Hall–Kier alpha value is -1.83. The molecule has 16 heavy (non-hydrogen) atoms. The second-order valence-electron chi connectivity index (χ2n) is 3.68. The summed E-state index contributed by atoms with van der Waals surface area (Å²) in [6.45, 7) is 4.16. The fraction of sp³-hybridized carbons (Fsp3) is 0.214. The zero-order valence-corrected chi connectivity index (χ0v) is 9.49. The fourth-order valence-corrected chi connectivity index (χ4v) is 1.82. The summed E-state index contributed by atoms with van der Waals surface area (Å²) in [5.74, 6) is 0.892. The first-order chi connectivity index (χ1) is 7.72. The number of hydrogen-bond donors (Lipinski definition) is 0. The van der Waals surface area contributed by atoms with E-state index in [-0.39, 0.29) is 5.78 Å². The lowest BCUT2D eigenvalue weighted by Crippen LogP contribution is -1.95. The van der Waals surface area contributed by atoms with Crippen LogP contribution >= 0.6 is 0 Å². The van der Waals surface area contributed by atoms with Gasteiger partial charge in [-0.25, -0.2) is 0 Å². The van der Waals surface area contributed by atoms with Gasteiger partial charge in [0.2, 0.25) is 0 Å². The molecule has 0 heterocycles. The minimum absolute atomic E-state index is 0.0826. The third-order valence-corrected chi connectivity index (χ3v) is 2.54. The van der Waals surface area contributed by atoms with Gasteiger partial charge in [0.15, 0.2) is 5.78 Å². The summed E-state index contributed by atoms with van der Waals surface area (Å²) < 4.78 is 5.44. The number of rotatable bonds is 3. The van der Waals surface area contributed by atoms with Crippen LogP contribution in [0.5, 0.6) is 5.75 Å². The first-order valence-corrected chi connectivity index (χ1v) is 5.39. The lowest BCUT2D eigenvalue weighted by Gasteiger charge is -2.07. The molecule has 0 atom stereocenters. The highest BCUT2D eigenvalue weighted by Gasteiger charge is 2.06. The number of carbonyl (C=O) groups excluding carboxylic acids is 1. The van der Waals surface area contributed by atoms with Crippen molar-refractivity contribution < 1.29 is 9.53 Å². The van der Waals surface area contributed by atoms with Crippen LogP contribution in [0.2, 0.25) is 0 Å². The van der Waals surface area contributed by atoms with Crippen molar-refractivity contribution in [1.82, 2.24) is 0 Å². The molecule has 0 unspecified atom stereocenters. The second-order valence-corrected chi connectivity index (χ2v) is 3.68. The summed E-state index contributed by atoms with van der Waals surface area (Å²) >= 11 is 0. The first kappa shape index (κ1) is 10.7. The van der Waals surface area contributed by atoms with Gasteiger partial charge in [0, 0.05) is 5.56 Å². The summed E-state index contributed by atoms with van der Waals surface area (Å²) in [4.78, 5) is 11.5. The van der Waals surface area contributed by atoms with Crippen LogP contribution < -0.4 is 4.74 Å². The Kier molecular flexibility index (Phi) is 2.91. The predicted octanol–water partition coefficient (Wildman–Crippen LogP) is 3.44. The van der Waals surface area contributed by atoms with Crippen LogP contribution in [0.25, 0.3) is 10.8 Å². The minimum atomic E-state index is 0.0826. The Bertz CT molecular complexity index is 529. The Labute approximate surface area is 94.8 Å². The van der Waals surface area contributed by atoms with E-state index in [4.69, 9.17) is 4.74 Å². The molecule has 0 aliphatic rings. The molecule has 0 spiro atoms. The number of carbonyl (C=O) groups is 1. The lowest BCUT2D eigenvalue weighted by molar-refractivity contribution is 0.101. The van der Waals surface area contributed by atoms with E-state index in [0.29, 0.717) is 6.61 Å². The number of ketones is 1. The van der Waals surface area contributed by atoms with Crippen LogP contribution in [-0.2, 0) is 0 Å². The smallest absolute Gasteiger partial charge is 0.160 e. The average molecular weight is 214 g/mol. The van der Waals surface area contributed by atoms with Gasteiger partial charge in [-0.1, -0.05) is 24.3 Å². The van der Waals surface area contributed by atoms with E-state index >= 15 is 0 Å². The summed E-state index contributed by atoms with van der Waals surface area (Å²) in [5, 5.41) is 2.03. The highest BCUT2D eigenvalue weighted by Crippen LogP contribution is 2.24. The van der Waals surface area contributed by atoms with Gasteiger partial charge in [0.05, 0.1) is 6.61 Å². The standard InChI is InChI=1S/C14H14O2/c1-3-16-12-8-7-11-5-4-6-13(10(2)15)14(11)9-12/h4-9H,3H2,1-2H3. The van der Waals surface area contributed by atoms with Crippen molar-refractivity contribution in [2.75, 3.05) is 6.61 Å². The number of hydrogen-bond acceptors (Lipinski definition) is 2. The molecule has 2 heteroatoms. The maximum absolute atomic E-state index is 11.5. The second kappa shape index (κ2) is 4.35. The van der Waals surface area contributed by atoms with Gasteiger partial charge in [-0.3, -0.25) is 4.79 Å². The van der Waals surface area contributed by atoms with Crippen LogP contribution in [0.3, 0.4) is 0 Å². The molecule has 0 saturated heterocycles. The quantitative estimate of drug-likeness (QED) is 0.731. The molecule has 0 aromatic heterocycles. The topological polar surface area (TPSA) is 26.3 Å². The molecule has 0 radical (unpaired) electrons. The number of ether oxygens (including phenoxy) is 1. The van der Waals surface area contributed by atoms with Crippen LogP contribution in [0, 0.1) is 0 Å². The molecule has 0 N–H and O–H groups in total. The fourth-order valence-electron chi connectivity index (χ4n) is 1.82. The highest BCUT2D eigenvalue weighted by atomic mass is 16.5. The molecule has 0 saturated carbocycles. The maximum Gasteiger partial charge on any atom is 0.160 e. The summed E-state index contributed by atoms with van der Waals surface area (Å²) in [5.41, 5.74) is 0.749. The molecular weight excluding hydrogens is 200 g/mol. The zero-order valence-electron chi connectivity index (χ0n) is 9.49. The van der Waals surface area contributed by atoms with Gasteiger partial charge in [-0.2, -0.15) is 0 Å². The van der Waals surface area contributed by atoms with Gasteiger partial charge in [-0.15, -0.1) is 0 Å². The van der Waals surface area contributed by atoms with Crippen LogP contribution in [-0.4, -0.2) is 12.4 Å². The molecule has 0 fully saturated rings. The Morgan fingerprint density at radius 2 is 2.06 bits per heavy atom. The average Bonchev–Trinajstić information content (AvgIpc) is 2.28. The van der Waals surface area contributed by atoms with Gasteiger partial charge in [0.1, 0.15) is 5.75 Å². The van der Waals surface area contributed by atoms with Gasteiger partial charge in [0.25, 0.3) is 0 Å². The van der Waals surface area contributed by atoms with Crippen molar-refractivity contribution in [2.24, 2.45) is 0 Å². The number of benzene rings is 2. The maximum atomic E-state index is 11.5. The van der Waals surface area contributed by atoms with Crippen LogP contribution in [0.4, 0.5) is 0 Å². The van der Waals surface area contributed by atoms with Crippen LogP contribution in [0.1, 0.15) is 24.2 Å². The van der Waals surface area contributed by atoms with E-state index in [1.54, 1.807) is 6.92 Å². The number of fused-ring (bicyclic) bond motifs is 1. The van der Waals surface area contributed by atoms with E-state index < -0.39 is 0 Å². The Balaban J connectivity index is 2.63. The lowest BCUT2D eigenvalue weighted by atomic mass is 10.0. The zero-order chi connectivity index (χ0) is 11.5. The highest BCUT2D eigenvalue weighted by molar-refractivity contribution is 6.07. The SMILES string of the molecule is CCOc1ccc2cccc(C(C)=O)c2c1. The molecule has 0 aliphatic heterocycles. The van der Waals surface area contributed by atoms with E-state index in [1.807, 2.05) is 43.3 Å². The molecule has 2 aromatic carbocycles. The van der Waals surface area contributed by atoms with Crippen molar-refractivity contribution in [3.63, 3.8) is 0 Å². The van der Waals surface area contributed by atoms with Crippen molar-refractivity contribution in [3.8, 4) is 5.75 Å². The molecule has 0 amide bonds. The third kappa shape index (κ3) is 1.91. The van der Waals surface area contributed by atoms with E-state index in [9.17, 15) is 4.79 Å². The monoisotopic (exact) mass is 214 g/mol. The predicted molar refractivity (Wildman–Crippen MR) is 65.1 cm³/mol. The van der Waals surface area contributed by atoms with Crippen molar-refractivity contribution in [1.29, 1.82) is 0 Å². The van der Waals surface area contributed by atoms with E-state index in [2.05, 4.69) is 0 Å². The van der Waals surface area contributed by atoms with E-state index in [0.717, 1.165) is 22.1 Å². The van der Waals surface area contributed by atoms with Crippen molar-refractivity contribution >= 4 is 16.6 Å². The normalized spacial score (nSPS) is 10.4. The molecule has 2 aromatic rings. The molecular formula is C14H14O2. The molecule has 2 rings (SSSR count). The molecule has 82 valence electrons. The van der Waals surface area contributed by atoms with Crippen molar-refractivity contribution in [3.05, 3.63) is 42.0 Å². The third-order valence-electron chi connectivity index (χ3n) is 2.54. The summed E-state index contributed by atoms with van der Waals surface area (Å²) in [6, 6.07) is 11.6. The van der Waals surface area contributed by atoms with Crippen LogP contribution in [0.15, 0.2) is 36.4 Å². The Morgan fingerprint density at radius 3 is 2.75 bits per heavy atom. The number of Topliss-reactive ketones (excluding diaryl/α,β-unsaturated/α-hetero) is 1. The molecule has 0 bridgehead atoms.